The molecule has 3 rings (SSSR count). The van der Waals surface area contributed by atoms with E-state index >= 15 is 0 Å². The van der Waals surface area contributed by atoms with Crippen LogP contribution in [0.1, 0.15) is 20.3 Å². The molecule has 2 aliphatic heterocycles. The molecular weight excluding hydrogens is 252 g/mol. The Morgan fingerprint density at radius 3 is 2.58 bits per heavy atom. The van der Waals surface area contributed by atoms with Gasteiger partial charge in [0.25, 0.3) is 0 Å². The second-order valence-electron chi connectivity index (χ2n) is 5.53. The largest absolute Gasteiger partial charge is 0.433 e. The van der Waals surface area contributed by atoms with Gasteiger partial charge in [-0.2, -0.15) is 4.89 Å². The highest BCUT2D eigenvalue weighted by molar-refractivity contribution is 6.00. The summed E-state index contributed by atoms with van der Waals surface area (Å²) in [5.74, 6) is -1.81. The quantitative estimate of drug-likeness (QED) is 0.481. The molecule has 2 fully saturated rings. The van der Waals surface area contributed by atoms with Crippen molar-refractivity contribution < 1.29 is 28.8 Å². The molecule has 6 heteroatoms. The minimum atomic E-state index is -1.30. The molecule has 0 radical (unpaired) electrons. The van der Waals surface area contributed by atoms with Gasteiger partial charge in [-0.25, -0.2) is 4.89 Å². The number of rotatable bonds is 0. The molecule has 0 aromatic rings. The number of ether oxygens (including phenoxy) is 2. The second-order valence-corrected chi connectivity index (χ2v) is 5.53. The molecule has 2 heterocycles. The SMILES string of the molecule is CC1(C)CC(=O)OC2OC3(C=CC(=O)C=C3)OOC21. The van der Waals surface area contributed by atoms with Gasteiger partial charge in [0.2, 0.25) is 12.1 Å². The molecule has 102 valence electrons. The van der Waals surface area contributed by atoms with E-state index in [9.17, 15) is 9.59 Å². The number of carbonyl (C=O) groups is 2. The van der Waals surface area contributed by atoms with Crippen LogP contribution in [0.25, 0.3) is 0 Å². The summed E-state index contributed by atoms with van der Waals surface area (Å²) in [6, 6.07) is 0. The Balaban J connectivity index is 1.84. The zero-order chi connectivity index (χ0) is 13.7. The summed E-state index contributed by atoms with van der Waals surface area (Å²) in [5, 5.41) is 0. The van der Waals surface area contributed by atoms with Crippen molar-refractivity contribution in [3.8, 4) is 0 Å². The summed E-state index contributed by atoms with van der Waals surface area (Å²) in [5.41, 5.74) is -0.445. The van der Waals surface area contributed by atoms with Gasteiger partial charge in [0.05, 0.1) is 6.42 Å². The lowest BCUT2D eigenvalue weighted by Crippen LogP contribution is -2.58. The zero-order valence-corrected chi connectivity index (χ0v) is 10.6. The lowest BCUT2D eigenvalue weighted by atomic mass is 9.81. The van der Waals surface area contributed by atoms with Crippen molar-refractivity contribution >= 4 is 11.8 Å². The molecule has 0 aromatic heterocycles. The third-order valence-corrected chi connectivity index (χ3v) is 3.41. The molecule has 6 nitrogen and oxygen atoms in total. The van der Waals surface area contributed by atoms with Gasteiger partial charge in [0.15, 0.2) is 11.9 Å². The number of ketones is 1. The van der Waals surface area contributed by atoms with Crippen molar-refractivity contribution in [1.82, 2.24) is 0 Å². The van der Waals surface area contributed by atoms with Gasteiger partial charge in [-0.15, -0.1) is 0 Å². The van der Waals surface area contributed by atoms with Crippen molar-refractivity contribution in [1.29, 1.82) is 0 Å². The Kier molecular flexibility index (Phi) is 2.63. The van der Waals surface area contributed by atoms with E-state index in [1.54, 1.807) is 0 Å². The fraction of sp³-hybridized carbons (Fsp3) is 0.538. The summed E-state index contributed by atoms with van der Waals surface area (Å²) < 4.78 is 10.8. The van der Waals surface area contributed by atoms with Crippen molar-refractivity contribution in [3.63, 3.8) is 0 Å². The van der Waals surface area contributed by atoms with Crippen LogP contribution in [0.5, 0.6) is 0 Å². The van der Waals surface area contributed by atoms with Crippen LogP contribution in [-0.2, 0) is 28.8 Å². The molecule has 0 saturated carbocycles. The van der Waals surface area contributed by atoms with Crippen molar-refractivity contribution in [3.05, 3.63) is 24.3 Å². The van der Waals surface area contributed by atoms with Crippen LogP contribution in [0, 0.1) is 5.41 Å². The molecule has 0 N–H and O–H groups in total. The normalized spacial score (nSPS) is 35.1. The first-order valence-corrected chi connectivity index (χ1v) is 6.04. The highest BCUT2D eigenvalue weighted by Crippen LogP contribution is 2.42. The lowest BCUT2D eigenvalue weighted by Gasteiger charge is -2.47. The Labute approximate surface area is 109 Å². The van der Waals surface area contributed by atoms with Crippen molar-refractivity contribution in [2.24, 2.45) is 5.41 Å². The van der Waals surface area contributed by atoms with Gasteiger partial charge in [-0.05, 0) is 24.3 Å². The Morgan fingerprint density at radius 2 is 1.89 bits per heavy atom. The Morgan fingerprint density at radius 1 is 1.21 bits per heavy atom. The van der Waals surface area contributed by atoms with Crippen LogP contribution >= 0.6 is 0 Å². The smallest absolute Gasteiger partial charge is 0.308 e. The van der Waals surface area contributed by atoms with E-state index < -0.39 is 23.6 Å². The fourth-order valence-electron chi connectivity index (χ4n) is 2.31. The maximum absolute atomic E-state index is 11.6. The van der Waals surface area contributed by atoms with Crippen LogP contribution in [0.2, 0.25) is 0 Å². The standard InChI is InChI=1S/C13H14O6/c1-12(2)7-9(15)16-11-10(12)18-19-13(17-11)5-3-8(14)4-6-13/h3-6,10-11H,7H2,1-2H3. The molecule has 2 saturated heterocycles. The molecule has 19 heavy (non-hydrogen) atoms. The molecule has 1 aliphatic carbocycles. The number of hydrogen-bond acceptors (Lipinski definition) is 6. The van der Waals surface area contributed by atoms with Gasteiger partial charge in [0.1, 0.15) is 0 Å². The number of esters is 1. The van der Waals surface area contributed by atoms with Crippen LogP contribution < -0.4 is 0 Å². The highest BCUT2D eigenvalue weighted by atomic mass is 17.3. The van der Waals surface area contributed by atoms with Gasteiger partial charge in [0, 0.05) is 5.41 Å². The van der Waals surface area contributed by atoms with Crippen LogP contribution in [0.3, 0.4) is 0 Å². The molecule has 0 aromatic carbocycles. The predicted molar refractivity (Wildman–Crippen MR) is 61.3 cm³/mol. The van der Waals surface area contributed by atoms with E-state index in [4.69, 9.17) is 19.2 Å². The summed E-state index contributed by atoms with van der Waals surface area (Å²) in [4.78, 5) is 33.3. The number of fused-ring (bicyclic) bond motifs is 1. The van der Waals surface area contributed by atoms with Gasteiger partial charge >= 0.3 is 5.97 Å². The molecular formula is C13H14O6. The zero-order valence-electron chi connectivity index (χ0n) is 10.6. The maximum atomic E-state index is 11.6. The summed E-state index contributed by atoms with van der Waals surface area (Å²) in [7, 11) is 0. The number of hydrogen-bond donors (Lipinski definition) is 0. The van der Waals surface area contributed by atoms with Crippen molar-refractivity contribution in [2.45, 2.75) is 38.4 Å². The van der Waals surface area contributed by atoms with E-state index in [0.717, 1.165) is 0 Å². The van der Waals surface area contributed by atoms with Crippen molar-refractivity contribution in [2.75, 3.05) is 0 Å². The van der Waals surface area contributed by atoms with E-state index in [0.29, 0.717) is 0 Å². The fourth-order valence-corrected chi connectivity index (χ4v) is 2.31. The average molecular weight is 266 g/mol. The van der Waals surface area contributed by atoms with E-state index in [1.807, 2.05) is 13.8 Å². The third kappa shape index (κ3) is 2.11. The van der Waals surface area contributed by atoms with Gasteiger partial charge in [-0.1, -0.05) is 13.8 Å². The lowest BCUT2D eigenvalue weighted by molar-refractivity contribution is -0.511. The molecule has 0 bridgehead atoms. The first kappa shape index (κ1) is 12.5. The minimum Gasteiger partial charge on any atom is -0.433 e. The first-order valence-electron chi connectivity index (χ1n) is 6.04. The van der Waals surface area contributed by atoms with Gasteiger partial charge < -0.3 is 4.74 Å². The summed E-state index contributed by atoms with van der Waals surface area (Å²) in [6.45, 7) is 3.76. The number of allylic oxidation sites excluding steroid dienone is 2. The second kappa shape index (κ2) is 4.00. The summed E-state index contributed by atoms with van der Waals surface area (Å²) in [6.07, 6.45) is 4.38. The van der Waals surface area contributed by atoms with Crippen LogP contribution in [0.15, 0.2) is 24.3 Å². The Bertz CT molecular complexity index is 473. The Hall–Kier alpha value is -1.50. The number of carbonyl (C=O) groups excluding carboxylic acids is 2. The minimum absolute atomic E-state index is 0.166. The highest BCUT2D eigenvalue weighted by Gasteiger charge is 2.54. The topological polar surface area (TPSA) is 71.1 Å². The molecule has 2 unspecified atom stereocenters. The molecule has 2 atom stereocenters. The van der Waals surface area contributed by atoms with E-state index in [-0.39, 0.29) is 18.2 Å². The summed E-state index contributed by atoms with van der Waals surface area (Å²) >= 11 is 0. The first-order chi connectivity index (χ1) is 8.90. The van der Waals surface area contributed by atoms with Gasteiger partial charge in [-0.3, -0.25) is 14.3 Å². The maximum Gasteiger partial charge on any atom is 0.308 e. The third-order valence-electron chi connectivity index (χ3n) is 3.41. The van der Waals surface area contributed by atoms with Crippen LogP contribution in [0.4, 0.5) is 0 Å². The molecule has 0 amide bonds. The van der Waals surface area contributed by atoms with Crippen LogP contribution in [-0.4, -0.2) is 29.9 Å². The predicted octanol–water partition coefficient (Wildman–Crippen LogP) is 1.02. The monoisotopic (exact) mass is 266 g/mol. The van der Waals surface area contributed by atoms with E-state index in [2.05, 4.69) is 0 Å². The molecule has 1 spiro atoms. The van der Waals surface area contributed by atoms with E-state index in [1.165, 1.54) is 24.3 Å². The average Bonchev–Trinajstić information content (AvgIpc) is 2.31. The molecule has 3 aliphatic rings.